The number of hydrogen-bond donors (Lipinski definition) is 0. The molecule has 0 spiro atoms. The molecule has 2 heterocycles. The molecule has 0 unspecified atom stereocenters. The number of benzene rings is 9. The van der Waals surface area contributed by atoms with Gasteiger partial charge in [-0.15, -0.1) is 11.3 Å². The van der Waals surface area contributed by atoms with Gasteiger partial charge in [0.2, 0.25) is 0 Å². The third kappa shape index (κ3) is 4.78. The molecule has 0 bridgehead atoms. The molecule has 0 aliphatic heterocycles. The van der Waals surface area contributed by atoms with Crippen LogP contribution in [0.5, 0.6) is 0 Å². The van der Waals surface area contributed by atoms with Crippen LogP contribution in [0.25, 0.3) is 85.9 Å². The van der Waals surface area contributed by atoms with Crippen LogP contribution in [0.4, 0.5) is 17.1 Å². The van der Waals surface area contributed by atoms with Gasteiger partial charge in [0.15, 0.2) is 5.58 Å². The Bertz CT molecular complexity index is 3170. The number of fused-ring (bicyclic) bond motifs is 8. The maximum Gasteiger partial charge on any atom is 0.159 e. The van der Waals surface area contributed by atoms with Crippen LogP contribution >= 0.6 is 11.3 Å². The third-order valence-electron chi connectivity index (χ3n) is 10.6. The number of furan rings is 1. The van der Waals surface area contributed by atoms with Crippen LogP contribution in [0, 0.1) is 0 Å². The highest BCUT2D eigenvalue weighted by molar-refractivity contribution is 7.26. The van der Waals surface area contributed by atoms with Gasteiger partial charge >= 0.3 is 0 Å². The molecule has 9 aromatic carbocycles. The van der Waals surface area contributed by atoms with Gasteiger partial charge in [0.25, 0.3) is 0 Å². The molecule has 0 radical (unpaired) electrons. The van der Waals surface area contributed by atoms with Crippen LogP contribution in [0.1, 0.15) is 0 Å². The second-order valence-electron chi connectivity index (χ2n) is 13.7. The molecule has 248 valence electrons. The Morgan fingerprint density at radius 2 is 1.02 bits per heavy atom. The lowest BCUT2D eigenvalue weighted by molar-refractivity contribution is 0.670. The molecule has 11 aromatic rings. The Kier molecular flexibility index (Phi) is 6.76. The molecule has 0 amide bonds. The maximum atomic E-state index is 7.24. The lowest BCUT2D eigenvalue weighted by Gasteiger charge is -2.26. The molecule has 0 fully saturated rings. The van der Waals surface area contributed by atoms with E-state index in [0.717, 1.165) is 50.1 Å². The molecule has 0 saturated heterocycles. The van der Waals surface area contributed by atoms with Crippen molar-refractivity contribution in [1.29, 1.82) is 0 Å². The molecule has 0 atom stereocenters. The Hall–Kier alpha value is -6.68. The first-order valence-corrected chi connectivity index (χ1v) is 18.8. The van der Waals surface area contributed by atoms with E-state index in [2.05, 4.69) is 193 Å². The minimum Gasteiger partial charge on any atom is -0.453 e. The summed E-state index contributed by atoms with van der Waals surface area (Å²) >= 11 is 1.85. The van der Waals surface area contributed by atoms with Gasteiger partial charge in [-0.3, -0.25) is 0 Å². The predicted molar refractivity (Wildman–Crippen MR) is 227 cm³/mol. The van der Waals surface area contributed by atoms with Crippen molar-refractivity contribution in [3.05, 3.63) is 188 Å². The number of anilines is 3. The maximum absolute atomic E-state index is 7.24. The molecule has 0 aliphatic rings. The molecular weight excluding hydrogens is 663 g/mol. The van der Waals surface area contributed by atoms with E-state index in [1.54, 1.807) is 0 Å². The number of thiophene rings is 1. The third-order valence-corrected chi connectivity index (χ3v) is 11.8. The van der Waals surface area contributed by atoms with E-state index in [9.17, 15) is 0 Å². The van der Waals surface area contributed by atoms with Crippen molar-refractivity contribution in [1.82, 2.24) is 0 Å². The van der Waals surface area contributed by atoms with E-state index in [4.69, 9.17) is 4.42 Å². The van der Waals surface area contributed by atoms with Crippen molar-refractivity contribution in [3.8, 4) is 22.3 Å². The van der Waals surface area contributed by atoms with Crippen molar-refractivity contribution >= 4 is 92.1 Å². The van der Waals surface area contributed by atoms with Gasteiger partial charge in [-0.05, 0) is 80.7 Å². The zero-order valence-electron chi connectivity index (χ0n) is 28.7. The van der Waals surface area contributed by atoms with Gasteiger partial charge in [0.05, 0.1) is 16.1 Å². The largest absolute Gasteiger partial charge is 0.453 e. The molecule has 3 heteroatoms. The first-order valence-electron chi connectivity index (χ1n) is 18.0. The second kappa shape index (κ2) is 11.9. The lowest BCUT2D eigenvalue weighted by atomic mass is 9.94. The van der Waals surface area contributed by atoms with E-state index in [1.165, 1.54) is 52.8 Å². The Balaban J connectivity index is 1.20. The van der Waals surface area contributed by atoms with Crippen LogP contribution in [-0.2, 0) is 0 Å². The van der Waals surface area contributed by atoms with Crippen molar-refractivity contribution in [2.24, 2.45) is 0 Å². The number of para-hydroxylation sites is 1. The summed E-state index contributed by atoms with van der Waals surface area (Å²) in [6.07, 6.45) is 0. The van der Waals surface area contributed by atoms with Gasteiger partial charge in [-0.1, -0.05) is 146 Å². The van der Waals surface area contributed by atoms with Crippen LogP contribution in [0.2, 0.25) is 0 Å². The number of nitrogens with zero attached hydrogens (tertiary/aromatic N) is 1. The summed E-state index contributed by atoms with van der Waals surface area (Å²) in [6, 6.07) is 67.8. The summed E-state index contributed by atoms with van der Waals surface area (Å²) in [5.41, 5.74) is 9.63. The summed E-state index contributed by atoms with van der Waals surface area (Å²) in [4.78, 5) is 2.40. The minimum atomic E-state index is 0.866. The monoisotopic (exact) mass is 693 g/mol. The first kappa shape index (κ1) is 30.0. The molecule has 0 saturated carbocycles. The molecule has 0 aliphatic carbocycles. The molecule has 53 heavy (non-hydrogen) atoms. The van der Waals surface area contributed by atoms with Crippen molar-refractivity contribution in [3.63, 3.8) is 0 Å². The highest BCUT2D eigenvalue weighted by Crippen LogP contribution is 2.49. The van der Waals surface area contributed by atoms with E-state index in [1.807, 2.05) is 11.3 Å². The van der Waals surface area contributed by atoms with Crippen molar-refractivity contribution in [2.45, 2.75) is 0 Å². The van der Waals surface area contributed by atoms with Crippen molar-refractivity contribution in [2.75, 3.05) is 4.90 Å². The molecule has 2 aromatic heterocycles. The van der Waals surface area contributed by atoms with Crippen LogP contribution in [0.15, 0.2) is 192 Å². The average Bonchev–Trinajstić information content (AvgIpc) is 3.80. The topological polar surface area (TPSA) is 16.4 Å². The van der Waals surface area contributed by atoms with E-state index >= 15 is 0 Å². The molecule has 11 rings (SSSR count). The van der Waals surface area contributed by atoms with Crippen LogP contribution in [-0.4, -0.2) is 0 Å². The second-order valence-corrected chi connectivity index (χ2v) is 14.7. The predicted octanol–water partition coefficient (Wildman–Crippen LogP) is 15.1. The fourth-order valence-corrected chi connectivity index (χ4v) is 9.34. The van der Waals surface area contributed by atoms with Gasteiger partial charge in [-0.25, -0.2) is 0 Å². The number of hydrogen-bond acceptors (Lipinski definition) is 3. The summed E-state index contributed by atoms with van der Waals surface area (Å²) in [5, 5.41) is 9.56. The SMILES string of the molecule is c1ccc(-c2ccc(N(c3cccc4c3oc3c(-c5ccc6ccccc6c5)c5ccccc5cc34)c3cccc4c3sc3ccccc34)cc2)cc1. The van der Waals surface area contributed by atoms with Crippen molar-refractivity contribution < 1.29 is 4.42 Å². The van der Waals surface area contributed by atoms with Gasteiger partial charge in [-0.2, -0.15) is 0 Å². The summed E-state index contributed by atoms with van der Waals surface area (Å²) < 4.78 is 9.77. The Labute approximate surface area is 310 Å². The molecule has 2 nitrogen and oxygen atoms in total. The lowest BCUT2D eigenvalue weighted by Crippen LogP contribution is -2.10. The van der Waals surface area contributed by atoms with Gasteiger partial charge in [0, 0.05) is 37.5 Å². The minimum absolute atomic E-state index is 0.866. The normalized spacial score (nSPS) is 11.8. The smallest absolute Gasteiger partial charge is 0.159 e. The van der Waals surface area contributed by atoms with Crippen LogP contribution < -0.4 is 4.90 Å². The quantitative estimate of drug-likeness (QED) is 0.178. The van der Waals surface area contributed by atoms with E-state index in [0.29, 0.717) is 0 Å². The standard InChI is InChI=1S/C50H31NOS/c1-2-12-32(13-3-1)34-26-28-38(29-27-34)51(45-22-11-20-42-40-18-8-9-23-46(40)53-50(42)45)44-21-10-19-41-43-31-36-16-6-7-17-39(36)47(49(43)52-48(41)44)37-25-24-33-14-4-5-15-35(33)30-37/h1-31H. The zero-order chi connectivity index (χ0) is 34.9. The van der Waals surface area contributed by atoms with Gasteiger partial charge in [0.1, 0.15) is 5.58 Å². The highest BCUT2D eigenvalue weighted by atomic mass is 32.1. The van der Waals surface area contributed by atoms with E-state index in [-0.39, 0.29) is 0 Å². The highest BCUT2D eigenvalue weighted by Gasteiger charge is 2.24. The molecule has 0 N–H and O–H groups in total. The first-order chi connectivity index (χ1) is 26.3. The summed E-state index contributed by atoms with van der Waals surface area (Å²) in [5.74, 6) is 0. The fourth-order valence-electron chi connectivity index (χ4n) is 8.14. The zero-order valence-corrected chi connectivity index (χ0v) is 29.5. The fraction of sp³-hybridized carbons (Fsp3) is 0. The van der Waals surface area contributed by atoms with Gasteiger partial charge < -0.3 is 9.32 Å². The summed E-state index contributed by atoms with van der Waals surface area (Å²) in [7, 11) is 0. The average molecular weight is 694 g/mol. The number of rotatable bonds is 5. The Morgan fingerprint density at radius 3 is 1.87 bits per heavy atom. The van der Waals surface area contributed by atoms with E-state index < -0.39 is 0 Å². The summed E-state index contributed by atoms with van der Waals surface area (Å²) in [6.45, 7) is 0. The van der Waals surface area contributed by atoms with Crippen LogP contribution in [0.3, 0.4) is 0 Å². The molecular formula is C50H31NOS. The Morgan fingerprint density at radius 1 is 0.377 bits per heavy atom.